The van der Waals surface area contributed by atoms with Crippen LogP contribution in [0.15, 0.2) is 48.7 Å². The average Bonchev–Trinajstić information content (AvgIpc) is 3.00. The van der Waals surface area contributed by atoms with Gasteiger partial charge in [0.2, 0.25) is 0 Å². The number of aromatic nitrogens is 2. The second-order valence-corrected chi connectivity index (χ2v) is 6.05. The molecular weight excluding hydrogens is 388 g/mol. The van der Waals surface area contributed by atoms with E-state index in [4.69, 9.17) is 21.1 Å². The van der Waals surface area contributed by atoms with Crippen molar-refractivity contribution in [2.45, 2.75) is 0 Å². The van der Waals surface area contributed by atoms with Gasteiger partial charge in [-0.05, 0) is 12.1 Å². The number of carbonyl (C=O) groups is 1. The van der Waals surface area contributed by atoms with Gasteiger partial charge in [0, 0.05) is 19.2 Å². The van der Waals surface area contributed by atoms with Gasteiger partial charge in [-0.15, -0.1) is 0 Å². The Morgan fingerprint density at radius 1 is 1.25 bits per heavy atom. The van der Waals surface area contributed by atoms with Crippen molar-refractivity contribution in [2.24, 2.45) is 7.05 Å². The third-order valence-corrected chi connectivity index (χ3v) is 4.04. The summed E-state index contributed by atoms with van der Waals surface area (Å²) in [5.74, 6) is 0.428. The van der Waals surface area contributed by atoms with Crippen LogP contribution >= 0.6 is 11.6 Å². The van der Waals surface area contributed by atoms with E-state index in [1.165, 1.54) is 36.2 Å². The molecule has 0 radical (unpaired) electrons. The van der Waals surface area contributed by atoms with E-state index in [1.54, 1.807) is 31.3 Å². The lowest BCUT2D eigenvalue weighted by atomic mass is 10.2. The number of non-ortho nitro benzene ring substituents is 1. The summed E-state index contributed by atoms with van der Waals surface area (Å²) in [6.07, 6.45) is 1.33. The maximum absolute atomic E-state index is 12.5. The van der Waals surface area contributed by atoms with E-state index in [1.807, 2.05) is 0 Å². The fourth-order valence-corrected chi connectivity index (χ4v) is 2.76. The lowest BCUT2D eigenvalue weighted by Crippen LogP contribution is -2.16. The summed E-state index contributed by atoms with van der Waals surface area (Å²) >= 11 is 5.97. The highest BCUT2D eigenvalue weighted by molar-refractivity contribution is 6.34. The molecule has 28 heavy (non-hydrogen) atoms. The Morgan fingerprint density at radius 2 is 1.96 bits per heavy atom. The fraction of sp³-hybridized carbons (Fsp3) is 0.111. The van der Waals surface area contributed by atoms with Gasteiger partial charge in [-0.1, -0.05) is 23.7 Å². The quantitative estimate of drug-likeness (QED) is 0.492. The molecule has 0 aliphatic rings. The number of nitrogens with one attached hydrogen (secondary N) is 1. The highest BCUT2D eigenvalue weighted by atomic mass is 35.5. The number of benzene rings is 2. The fourth-order valence-electron chi connectivity index (χ4n) is 2.51. The summed E-state index contributed by atoms with van der Waals surface area (Å²) in [5.41, 5.74) is 0.0422. The summed E-state index contributed by atoms with van der Waals surface area (Å²) < 4.78 is 12.2. The van der Waals surface area contributed by atoms with Gasteiger partial charge in [0.15, 0.2) is 11.5 Å². The Labute approximate surface area is 164 Å². The van der Waals surface area contributed by atoms with E-state index in [-0.39, 0.29) is 27.8 Å². The molecule has 2 aromatic carbocycles. The largest absolute Gasteiger partial charge is 0.493 e. The van der Waals surface area contributed by atoms with E-state index in [2.05, 4.69) is 10.4 Å². The third-order valence-electron chi connectivity index (χ3n) is 3.77. The number of ether oxygens (including phenoxy) is 2. The summed E-state index contributed by atoms with van der Waals surface area (Å²) in [6.45, 7) is 0. The molecule has 0 unspecified atom stereocenters. The van der Waals surface area contributed by atoms with Gasteiger partial charge < -0.3 is 14.8 Å². The predicted molar refractivity (Wildman–Crippen MR) is 102 cm³/mol. The van der Waals surface area contributed by atoms with E-state index in [0.29, 0.717) is 11.5 Å². The molecule has 0 saturated heterocycles. The maximum Gasteiger partial charge on any atom is 0.275 e. The van der Waals surface area contributed by atoms with Gasteiger partial charge in [0.25, 0.3) is 11.6 Å². The van der Waals surface area contributed by atoms with Crippen LogP contribution < -0.4 is 14.8 Å². The zero-order valence-electron chi connectivity index (χ0n) is 14.9. The van der Waals surface area contributed by atoms with Gasteiger partial charge >= 0.3 is 0 Å². The first-order chi connectivity index (χ1) is 13.4. The molecule has 0 aliphatic heterocycles. The van der Waals surface area contributed by atoms with Crippen molar-refractivity contribution in [1.82, 2.24) is 9.78 Å². The lowest BCUT2D eigenvalue weighted by Gasteiger charge is -2.12. The number of halogens is 1. The predicted octanol–water partition coefficient (Wildman–Crippen LogP) is 4.03. The Hall–Kier alpha value is -3.59. The maximum atomic E-state index is 12.5. The molecule has 0 atom stereocenters. The molecule has 0 aliphatic carbocycles. The molecule has 3 aromatic rings. The number of amides is 1. The number of para-hydroxylation sites is 2. The second-order valence-electron chi connectivity index (χ2n) is 5.64. The first-order valence-electron chi connectivity index (χ1n) is 7.98. The molecule has 0 bridgehead atoms. The molecular formula is C18H15ClN4O5. The molecule has 144 valence electrons. The topological polar surface area (TPSA) is 109 Å². The number of nitrogens with zero attached hydrogens (tertiary/aromatic N) is 3. The van der Waals surface area contributed by atoms with Crippen LogP contribution in [0.4, 0.5) is 11.4 Å². The Bertz CT molecular complexity index is 1030. The molecule has 1 amide bonds. The molecule has 9 nitrogen and oxygen atoms in total. The molecule has 0 fully saturated rings. The molecule has 10 heteroatoms. The number of hydrogen-bond acceptors (Lipinski definition) is 6. The highest BCUT2D eigenvalue weighted by Crippen LogP contribution is 2.34. The van der Waals surface area contributed by atoms with Crippen LogP contribution in [-0.2, 0) is 7.05 Å². The molecule has 1 heterocycles. The first kappa shape index (κ1) is 19.2. The normalized spacial score (nSPS) is 10.4. The monoisotopic (exact) mass is 402 g/mol. The van der Waals surface area contributed by atoms with Crippen molar-refractivity contribution in [3.05, 3.63) is 69.5 Å². The molecule has 0 spiro atoms. The number of anilines is 1. The SMILES string of the molecule is COc1ccccc1Oc1cc(NC(=O)c2c(Cl)cnn2C)cc([N+](=O)[O-])c1. The van der Waals surface area contributed by atoms with Crippen LogP contribution in [0.25, 0.3) is 0 Å². The van der Waals surface area contributed by atoms with Crippen molar-refractivity contribution in [2.75, 3.05) is 12.4 Å². The number of methoxy groups -OCH3 is 1. The minimum atomic E-state index is -0.582. The zero-order valence-corrected chi connectivity index (χ0v) is 15.6. The first-order valence-corrected chi connectivity index (χ1v) is 8.36. The number of carbonyl (C=O) groups excluding carboxylic acids is 1. The highest BCUT2D eigenvalue weighted by Gasteiger charge is 2.18. The van der Waals surface area contributed by atoms with Crippen molar-refractivity contribution >= 4 is 28.9 Å². The third kappa shape index (κ3) is 4.04. The number of nitro benzene ring substituents is 1. The average molecular weight is 403 g/mol. The van der Waals surface area contributed by atoms with Gasteiger partial charge in [0.05, 0.1) is 35.0 Å². The van der Waals surface area contributed by atoms with Gasteiger partial charge in [-0.2, -0.15) is 5.10 Å². The van der Waals surface area contributed by atoms with E-state index >= 15 is 0 Å². The molecule has 3 rings (SSSR count). The van der Waals surface area contributed by atoms with Crippen LogP contribution in [0.3, 0.4) is 0 Å². The lowest BCUT2D eigenvalue weighted by molar-refractivity contribution is -0.384. The minimum Gasteiger partial charge on any atom is -0.493 e. The summed E-state index contributed by atoms with van der Waals surface area (Å²) in [5, 5.41) is 17.9. The van der Waals surface area contributed by atoms with Crippen molar-refractivity contribution < 1.29 is 19.2 Å². The number of nitro groups is 1. The van der Waals surface area contributed by atoms with E-state index < -0.39 is 10.8 Å². The van der Waals surface area contributed by atoms with Crippen LogP contribution in [-0.4, -0.2) is 27.7 Å². The smallest absolute Gasteiger partial charge is 0.275 e. The number of aryl methyl sites for hydroxylation is 1. The summed E-state index contributed by atoms with van der Waals surface area (Å²) in [7, 11) is 3.05. The minimum absolute atomic E-state index is 0.125. The van der Waals surface area contributed by atoms with E-state index in [0.717, 1.165) is 0 Å². The van der Waals surface area contributed by atoms with Crippen LogP contribution in [0.2, 0.25) is 5.02 Å². The Morgan fingerprint density at radius 3 is 2.57 bits per heavy atom. The molecule has 0 saturated carbocycles. The van der Waals surface area contributed by atoms with Crippen LogP contribution in [0.5, 0.6) is 17.2 Å². The van der Waals surface area contributed by atoms with Crippen molar-refractivity contribution in [1.29, 1.82) is 0 Å². The number of rotatable bonds is 6. The Balaban J connectivity index is 1.94. The Kier molecular flexibility index (Phi) is 5.46. The zero-order chi connectivity index (χ0) is 20.3. The molecule has 1 N–H and O–H groups in total. The molecule has 1 aromatic heterocycles. The standard InChI is InChI=1S/C18H15ClN4O5/c1-22-17(14(19)10-20-22)18(24)21-11-7-12(23(25)26)9-13(8-11)28-16-6-4-3-5-15(16)27-2/h3-10H,1-2H3,(H,21,24). The van der Waals surface area contributed by atoms with Gasteiger partial charge in [-0.25, -0.2) is 0 Å². The second kappa shape index (κ2) is 7.97. The number of hydrogen-bond donors (Lipinski definition) is 1. The van der Waals surface area contributed by atoms with Crippen LogP contribution in [0.1, 0.15) is 10.5 Å². The van der Waals surface area contributed by atoms with Crippen molar-refractivity contribution in [3.63, 3.8) is 0 Å². The van der Waals surface area contributed by atoms with Gasteiger partial charge in [-0.3, -0.25) is 19.6 Å². The van der Waals surface area contributed by atoms with Crippen LogP contribution in [0, 0.1) is 10.1 Å². The summed E-state index contributed by atoms with van der Waals surface area (Å²) in [6, 6.07) is 10.8. The van der Waals surface area contributed by atoms with Crippen molar-refractivity contribution in [3.8, 4) is 17.2 Å². The van der Waals surface area contributed by atoms with Gasteiger partial charge in [0.1, 0.15) is 11.4 Å². The summed E-state index contributed by atoms with van der Waals surface area (Å²) in [4.78, 5) is 23.2. The van der Waals surface area contributed by atoms with E-state index in [9.17, 15) is 14.9 Å².